The van der Waals surface area contributed by atoms with Gasteiger partial charge >= 0.3 is 0 Å². The highest BCUT2D eigenvalue weighted by Crippen LogP contribution is 2.09. The molecule has 2 aromatic carbocycles. The SMILES string of the molecule is N#CCc1ccc(C=Cc2ccccc2)cc1. The van der Waals surface area contributed by atoms with Gasteiger partial charge in [0.05, 0.1) is 12.5 Å². The minimum Gasteiger partial charge on any atom is -0.198 e. The van der Waals surface area contributed by atoms with Gasteiger partial charge in [-0.2, -0.15) is 5.26 Å². The van der Waals surface area contributed by atoms with Crippen molar-refractivity contribution in [2.24, 2.45) is 0 Å². The zero-order valence-electron chi connectivity index (χ0n) is 9.51. The quantitative estimate of drug-likeness (QED) is 0.718. The highest BCUT2D eigenvalue weighted by atomic mass is 14.2. The molecule has 0 N–H and O–H groups in total. The predicted octanol–water partition coefficient (Wildman–Crippen LogP) is 3.92. The molecule has 0 saturated carbocycles. The summed E-state index contributed by atoms with van der Waals surface area (Å²) in [4.78, 5) is 0. The van der Waals surface area contributed by atoms with Crippen LogP contribution in [0.15, 0.2) is 54.6 Å². The van der Waals surface area contributed by atoms with Gasteiger partial charge in [-0.15, -0.1) is 0 Å². The molecule has 0 bridgehead atoms. The molecule has 1 nitrogen and oxygen atoms in total. The highest BCUT2D eigenvalue weighted by Gasteiger charge is 1.91. The Morgan fingerprint density at radius 1 is 0.824 bits per heavy atom. The number of nitrogens with zero attached hydrogens (tertiary/aromatic N) is 1. The van der Waals surface area contributed by atoms with Gasteiger partial charge in [-0.3, -0.25) is 0 Å². The first-order valence-corrected chi connectivity index (χ1v) is 5.57. The average molecular weight is 219 g/mol. The van der Waals surface area contributed by atoms with Gasteiger partial charge in [-0.25, -0.2) is 0 Å². The van der Waals surface area contributed by atoms with E-state index >= 15 is 0 Å². The maximum absolute atomic E-state index is 8.58. The number of benzene rings is 2. The Balaban J connectivity index is 2.09. The van der Waals surface area contributed by atoms with Crippen molar-refractivity contribution in [3.8, 4) is 6.07 Å². The molecule has 0 spiro atoms. The third-order valence-corrected chi connectivity index (χ3v) is 2.53. The van der Waals surface area contributed by atoms with Crippen molar-refractivity contribution >= 4 is 12.2 Å². The Morgan fingerprint density at radius 3 is 2.00 bits per heavy atom. The van der Waals surface area contributed by atoms with E-state index in [-0.39, 0.29) is 0 Å². The van der Waals surface area contributed by atoms with Crippen LogP contribution in [0.1, 0.15) is 16.7 Å². The summed E-state index contributed by atoms with van der Waals surface area (Å²) in [5, 5.41) is 8.58. The highest BCUT2D eigenvalue weighted by molar-refractivity contribution is 5.69. The minimum absolute atomic E-state index is 0.475. The number of hydrogen-bond donors (Lipinski definition) is 0. The molecule has 2 rings (SSSR count). The topological polar surface area (TPSA) is 23.8 Å². The Labute approximate surface area is 102 Å². The van der Waals surface area contributed by atoms with Crippen LogP contribution in [0.5, 0.6) is 0 Å². The van der Waals surface area contributed by atoms with E-state index in [1.165, 1.54) is 5.56 Å². The molecule has 0 aliphatic carbocycles. The maximum atomic E-state index is 8.58. The third kappa shape index (κ3) is 3.32. The van der Waals surface area contributed by atoms with E-state index < -0.39 is 0 Å². The second kappa shape index (κ2) is 5.67. The fraction of sp³-hybridized carbons (Fsp3) is 0.0625. The Hall–Kier alpha value is -2.33. The molecule has 0 atom stereocenters. The normalized spacial score (nSPS) is 10.3. The summed E-state index contributed by atoms with van der Waals surface area (Å²) in [7, 11) is 0. The molecule has 0 heterocycles. The van der Waals surface area contributed by atoms with Crippen LogP contribution in [0.25, 0.3) is 12.2 Å². The number of rotatable bonds is 3. The van der Waals surface area contributed by atoms with Gasteiger partial charge in [-0.05, 0) is 16.7 Å². The van der Waals surface area contributed by atoms with Crippen LogP contribution < -0.4 is 0 Å². The lowest BCUT2D eigenvalue weighted by atomic mass is 10.1. The fourth-order valence-corrected chi connectivity index (χ4v) is 1.59. The van der Waals surface area contributed by atoms with Crippen molar-refractivity contribution in [3.63, 3.8) is 0 Å². The second-order valence-corrected chi connectivity index (χ2v) is 3.82. The van der Waals surface area contributed by atoms with Gasteiger partial charge in [-0.1, -0.05) is 66.7 Å². The van der Waals surface area contributed by atoms with Crippen LogP contribution in [0.4, 0.5) is 0 Å². The summed E-state index contributed by atoms with van der Waals surface area (Å²) in [5.74, 6) is 0. The second-order valence-electron chi connectivity index (χ2n) is 3.82. The van der Waals surface area contributed by atoms with Crippen LogP contribution >= 0.6 is 0 Å². The Morgan fingerprint density at radius 2 is 1.41 bits per heavy atom. The summed E-state index contributed by atoms with van der Waals surface area (Å²) in [6.07, 6.45) is 4.63. The summed E-state index contributed by atoms with van der Waals surface area (Å²) in [5.41, 5.74) is 3.40. The monoisotopic (exact) mass is 219 g/mol. The van der Waals surface area contributed by atoms with Crippen LogP contribution in [0.2, 0.25) is 0 Å². The van der Waals surface area contributed by atoms with Gasteiger partial charge in [0.1, 0.15) is 0 Å². The molecule has 17 heavy (non-hydrogen) atoms. The smallest absolute Gasteiger partial charge is 0.0669 e. The average Bonchev–Trinajstić information content (AvgIpc) is 2.40. The first kappa shape index (κ1) is 11.2. The molecule has 0 saturated heterocycles. The van der Waals surface area contributed by atoms with E-state index in [4.69, 9.17) is 5.26 Å². The first-order chi connectivity index (χ1) is 8.38. The van der Waals surface area contributed by atoms with Crippen LogP contribution in [0.3, 0.4) is 0 Å². The molecule has 0 aromatic heterocycles. The van der Waals surface area contributed by atoms with E-state index in [9.17, 15) is 0 Å². The molecule has 0 aliphatic heterocycles. The molecule has 0 unspecified atom stereocenters. The zero-order chi connectivity index (χ0) is 11.9. The van der Waals surface area contributed by atoms with Gasteiger partial charge in [0.2, 0.25) is 0 Å². The summed E-state index contributed by atoms with van der Waals surface area (Å²) >= 11 is 0. The van der Waals surface area contributed by atoms with Crippen molar-refractivity contribution in [1.82, 2.24) is 0 Å². The summed E-state index contributed by atoms with van der Waals surface area (Å²) < 4.78 is 0. The summed E-state index contributed by atoms with van der Waals surface area (Å²) in [6.45, 7) is 0. The lowest BCUT2D eigenvalue weighted by molar-refractivity contribution is 1.26. The fourth-order valence-electron chi connectivity index (χ4n) is 1.59. The van der Waals surface area contributed by atoms with Crippen molar-refractivity contribution in [2.45, 2.75) is 6.42 Å². The number of hydrogen-bond acceptors (Lipinski definition) is 1. The van der Waals surface area contributed by atoms with Crippen LogP contribution in [-0.4, -0.2) is 0 Å². The van der Waals surface area contributed by atoms with Gasteiger partial charge in [0.25, 0.3) is 0 Å². The molecule has 0 amide bonds. The molecule has 2 aromatic rings. The predicted molar refractivity (Wildman–Crippen MR) is 71.1 cm³/mol. The van der Waals surface area contributed by atoms with Crippen molar-refractivity contribution < 1.29 is 0 Å². The van der Waals surface area contributed by atoms with Crippen molar-refractivity contribution in [3.05, 3.63) is 71.3 Å². The largest absolute Gasteiger partial charge is 0.198 e. The first-order valence-electron chi connectivity index (χ1n) is 5.57. The Kier molecular flexibility index (Phi) is 3.72. The molecule has 82 valence electrons. The maximum Gasteiger partial charge on any atom is 0.0669 e. The molecule has 0 radical (unpaired) electrons. The van der Waals surface area contributed by atoms with Gasteiger partial charge < -0.3 is 0 Å². The van der Waals surface area contributed by atoms with Gasteiger partial charge in [0.15, 0.2) is 0 Å². The van der Waals surface area contributed by atoms with E-state index in [1.807, 2.05) is 42.5 Å². The zero-order valence-corrected chi connectivity index (χ0v) is 9.51. The minimum atomic E-state index is 0.475. The lowest BCUT2D eigenvalue weighted by Crippen LogP contribution is -1.80. The molecular weight excluding hydrogens is 206 g/mol. The molecular formula is C16H13N. The Bertz CT molecular complexity index is 530. The van der Waals surface area contributed by atoms with E-state index in [0.29, 0.717) is 6.42 Å². The van der Waals surface area contributed by atoms with Gasteiger partial charge in [0, 0.05) is 0 Å². The van der Waals surface area contributed by atoms with E-state index in [2.05, 4.69) is 30.4 Å². The molecule has 0 fully saturated rings. The lowest BCUT2D eigenvalue weighted by Gasteiger charge is -1.96. The number of nitriles is 1. The van der Waals surface area contributed by atoms with Crippen LogP contribution in [0, 0.1) is 11.3 Å². The van der Waals surface area contributed by atoms with E-state index in [1.54, 1.807) is 0 Å². The van der Waals surface area contributed by atoms with E-state index in [0.717, 1.165) is 11.1 Å². The standard InChI is InChI=1S/C16H13N/c17-13-12-16-10-8-15(9-11-16)7-6-14-4-2-1-3-5-14/h1-11H,12H2. The van der Waals surface area contributed by atoms with Crippen molar-refractivity contribution in [2.75, 3.05) is 0 Å². The van der Waals surface area contributed by atoms with Crippen molar-refractivity contribution in [1.29, 1.82) is 5.26 Å². The molecule has 1 heteroatoms. The summed E-state index contributed by atoms with van der Waals surface area (Å²) in [6, 6.07) is 20.4. The molecule has 0 aliphatic rings. The van der Waals surface area contributed by atoms with Crippen LogP contribution in [-0.2, 0) is 6.42 Å². The third-order valence-electron chi connectivity index (χ3n) is 2.53.